The number of sulfonamides is 1. The molecule has 0 bridgehead atoms. The van der Waals surface area contributed by atoms with Crippen LogP contribution in [0.25, 0.3) is 0 Å². The number of aryl methyl sites for hydroxylation is 1. The van der Waals surface area contributed by atoms with E-state index in [1.807, 2.05) is 0 Å². The standard InChI is InChI=1S/C10H9N3O4S3/c1-5-12-13-10(18-5)19-8-3-2-6(20(11,16)17)4-7(8)9(14)15/h2-4H,1H3,(H,14,15)(H2,11,16,17). The summed E-state index contributed by atoms with van der Waals surface area (Å²) < 4.78 is 23.1. The van der Waals surface area contributed by atoms with Crippen LogP contribution in [-0.4, -0.2) is 29.7 Å². The minimum absolute atomic E-state index is 0.144. The summed E-state index contributed by atoms with van der Waals surface area (Å²) in [5.74, 6) is -1.24. The Bertz CT molecular complexity index is 770. The second-order valence-electron chi connectivity index (χ2n) is 3.70. The fourth-order valence-electron chi connectivity index (χ4n) is 1.36. The van der Waals surface area contributed by atoms with Crippen molar-refractivity contribution in [3.63, 3.8) is 0 Å². The van der Waals surface area contributed by atoms with Crippen LogP contribution < -0.4 is 5.14 Å². The maximum Gasteiger partial charge on any atom is 0.336 e. The summed E-state index contributed by atoms with van der Waals surface area (Å²) in [6.45, 7) is 1.78. The first kappa shape index (κ1) is 14.9. The molecule has 0 atom stereocenters. The van der Waals surface area contributed by atoms with Crippen LogP contribution in [-0.2, 0) is 10.0 Å². The number of primary sulfonamides is 1. The zero-order chi connectivity index (χ0) is 14.9. The van der Waals surface area contributed by atoms with Crippen molar-refractivity contribution < 1.29 is 18.3 Å². The Morgan fingerprint density at radius 1 is 1.40 bits per heavy atom. The van der Waals surface area contributed by atoms with Crippen LogP contribution in [0.15, 0.2) is 32.3 Å². The first-order chi connectivity index (χ1) is 9.27. The Labute approximate surface area is 122 Å². The summed E-state index contributed by atoms with van der Waals surface area (Å²) in [5, 5.41) is 22.6. The normalized spacial score (nSPS) is 11.5. The molecule has 1 heterocycles. The molecular weight excluding hydrogens is 322 g/mol. The van der Waals surface area contributed by atoms with Crippen molar-refractivity contribution in [3.8, 4) is 0 Å². The summed E-state index contributed by atoms with van der Waals surface area (Å²) in [7, 11) is -3.94. The molecule has 3 N–H and O–H groups in total. The maximum absolute atomic E-state index is 11.2. The van der Waals surface area contributed by atoms with Crippen LogP contribution >= 0.6 is 23.1 Å². The van der Waals surface area contributed by atoms with E-state index < -0.39 is 16.0 Å². The second-order valence-corrected chi connectivity index (χ2v) is 7.73. The molecule has 0 saturated carbocycles. The van der Waals surface area contributed by atoms with Crippen molar-refractivity contribution in [2.45, 2.75) is 21.1 Å². The van der Waals surface area contributed by atoms with Gasteiger partial charge in [0.15, 0.2) is 4.34 Å². The van der Waals surface area contributed by atoms with Gasteiger partial charge in [0, 0.05) is 4.90 Å². The number of nitrogens with two attached hydrogens (primary N) is 1. The van der Waals surface area contributed by atoms with E-state index >= 15 is 0 Å². The molecule has 0 amide bonds. The molecule has 1 aromatic carbocycles. The number of hydrogen-bond acceptors (Lipinski definition) is 7. The lowest BCUT2D eigenvalue weighted by Gasteiger charge is -2.05. The summed E-state index contributed by atoms with van der Waals surface area (Å²) >= 11 is 2.43. The van der Waals surface area contributed by atoms with Gasteiger partial charge in [-0.25, -0.2) is 18.4 Å². The van der Waals surface area contributed by atoms with Gasteiger partial charge in [0.2, 0.25) is 10.0 Å². The average Bonchev–Trinajstić information content (AvgIpc) is 2.73. The van der Waals surface area contributed by atoms with E-state index in [0.29, 0.717) is 9.24 Å². The van der Waals surface area contributed by atoms with Gasteiger partial charge in [-0.1, -0.05) is 23.1 Å². The van der Waals surface area contributed by atoms with Gasteiger partial charge >= 0.3 is 5.97 Å². The average molecular weight is 331 g/mol. The number of aromatic nitrogens is 2. The van der Waals surface area contributed by atoms with Crippen molar-refractivity contribution >= 4 is 39.1 Å². The first-order valence-corrected chi connectivity index (χ1v) is 8.33. The van der Waals surface area contributed by atoms with E-state index in [-0.39, 0.29) is 10.5 Å². The fraction of sp³-hybridized carbons (Fsp3) is 0.100. The van der Waals surface area contributed by atoms with E-state index in [9.17, 15) is 13.2 Å². The molecule has 7 nitrogen and oxygen atoms in total. The van der Waals surface area contributed by atoms with Crippen LogP contribution in [0.4, 0.5) is 0 Å². The van der Waals surface area contributed by atoms with Crippen molar-refractivity contribution in [1.29, 1.82) is 0 Å². The lowest BCUT2D eigenvalue weighted by atomic mass is 10.2. The number of rotatable bonds is 4. The van der Waals surface area contributed by atoms with E-state index in [1.54, 1.807) is 6.92 Å². The molecule has 0 aliphatic rings. The summed E-state index contributed by atoms with van der Waals surface area (Å²) in [6.07, 6.45) is 0. The largest absolute Gasteiger partial charge is 0.478 e. The highest BCUT2D eigenvalue weighted by atomic mass is 32.2. The molecule has 0 fully saturated rings. The van der Waals surface area contributed by atoms with Gasteiger partial charge in [0.1, 0.15) is 5.01 Å². The van der Waals surface area contributed by atoms with Crippen molar-refractivity contribution in [1.82, 2.24) is 10.2 Å². The molecule has 0 saturated heterocycles. The van der Waals surface area contributed by atoms with Gasteiger partial charge in [0.05, 0.1) is 10.5 Å². The van der Waals surface area contributed by atoms with Crippen LogP contribution in [0.2, 0.25) is 0 Å². The third kappa shape index (κ3) is 3.33. The first-order valence-electron chi connectivity index (χ1n) is 5.15. The third-order valence-electron chi connectivity index (χ3n) is 2.21. The lowest BCUT2D eigenvalue weighted by molar-refractivity contribution is 0.0693. The second kappa shape index (κ2) is 5.48. The number of carboxylic acids is 1. The minimum Gasteiger partial charge on any atom is -0.478 e. The van der Waals surface area contributed by atoms with Crippen LogP contribution in [0.3, 0.4) is 0 Å². The highest BCUT2D eigenvalue weighted by Crippen LogP contribution is 2.33. The fourth-order valence-corrected chi connectivity index (χ4v) is 3.77. The molecule has 106 valence electrons. The molecule has 20 heavy (non-hydrogen) atoms. The summed E-state index contributed by atoms with van der Waals surface area (Å²) in [5.41, 5.74) is -0.144. The minimum atomic E-state index is -3.94. The number of benzene rings is 1. The number of nitrogens with zero attached hydrogens (tertiary/aromatic N) is 2. The van der Waals surface area contributed by atoms with Crippen molar-refractivity contribution in [2.24, 2.45) is 5.14 Å². The molecule has 2 rings (SSSR count). The highest BCUT2D eigenvalue weighted by Gasteiger charge is 2.17. The van der Waals surface area contributed by atoms with Gasteiger partial charge in [-0.05, 0) is 25.1 Å². The molecule has 2 aromatic rings. The molecule has 10 heteroatoms. The van der Waals surface area contributed by atoms with Crippen LogP contribution in [0.5, 0.6) is 0 Å². The topological polar surface area (TPSA) is 123 Å². The Balaban J connectivity index is 2.45. The Hall–Kier alpha value is -1.49. The molecule has 0 aliphatic heterocycles. The lowest BCUT2D eigenvalue weighted by Crippen LogP contribution is -2.13. The Kier molecular flexibility index (Phi) is 4.09. The van der Waals surface area contributed by atoms with Gasteiger partial charge in [-0.15, -0.1) is 10.2 Å². The Morgan fingerprint density at radius 3 is 2.60 bits per heavy atom. The van der Waals surface area contributed by atoms with E-state index in [1.165, 1.54) is 23.5 Å². The molecule has 0 spiro atoms. The Morgan fingerprint density at radius 2 is 2.10 bits per heavy atom. The zero-order valence-corrected chi connectivity index (χ0v) is 12.6. The summed E-state index contributed by atoms with van der Waals surface area (Å²) in [4.78, 5) is 11.3. The third-order valence-corrected chi connectivity index (χ3v) is 5.09. The smallest absolute Gasteiger partial charge is 0.336 e. The molecular formula is C10H9N3O4S3. The predicted molar refractivity (Wildman–Crippen MR) is 73.5 cm³/mol. The van der Waals surface area contributed by atoms with Crippen LogP contribution in [0.1, 0.15) is 15.4 Å². The zero-order valence-electron chi connectivity index (χ0n) is 10.1. The summed E-state index contributed by atoms with van der Waals surface area (Å²) in [6, 6.07) is 3.69. The number of hydrogen-bond donors (Lipinski definition) is 2. The van der Waals surface area contributed by atoms with Crippen molar-refractivity contribution in [3.05, 3.63) is 28.8 Å². The van der Waals surface area contributed by atoms with Gasteiger partial charge < -0.3 is 5.11 Å². The number of carbonyl (C=O) groups is 1. The van der Waals surface area contributed by atoms with Crippen molar-refractivity contribution in [2.75, 3.05) is 0 Å². The van der Waals surface area contributed by atoms with Gasteiger partial charge in [-0.2, -0.15) is 0 Å². The van der Waals surface area contributed by atoms with Crippen LogP contribution in [0, 0.1) is 6.92 Å². The van der Waals surface area contributed by atoms with E-state index in [4.69, 9.17) is 10.2 Å². The van der Waals surface area contributed by atoms with E-state index in [2.05, 4.69) is 10.2 Å². The molecule has 0 aliphatic carbocycles. The van der Waals surface area contributed by atoms with E-state index in [0.717, 1.165) is 22.8 Å². The molecule has 1 aromatic heterocycles. The predicted octanol–water partition coefficient (Wildman–Crippen LogP) is 1.34. The highest BCUT2D eigenvalue weighted by molar-refractivity contribution is 8.01. The van der Waals surface area contributed by atoms with Gasteiger partial charge in [0.25, 0.3) is 0 Å². The SMILES string of the molecule is Cc1nnc(Sc2ccc(S(N)(=O)=O)cc2C(=O)O)s1. The number of carboxylic acid groups (broad SMARTS) is 1. The quantitative estimate of drug-likeness (QED) is 0.866. The molecule has 0 radical (unpaired) electrons. The molecule has 0 unspecified atom stereocenters. The monoisotopic (exact) mass is 331 g/mol. The maximum atomic E-state index is 11.2. The van der Waals surface area contributed by atoms with Gasteiger partial charge in [-0.3, -0.25) is 0 Å². The number of aromatic carboxylic acids is 1.